The maximum absolute atomic E-state index is 12.5. The van der Waals surface area contributed by atoms with Crippen LogP contribution >= 0.6 is 11.8 Å². The Kier molecular flexibility index (Phi) is 13.6. The molecule has 0 aliphatic rings. The van der Waals surface area contributed by atoms with Gasteiger partial charge in [-0.3, -0.25) is 24.0 Å². The molecule has 0 aromatic rings. The van der Waals surface area contributed by atoms with Crippen LogP contribution in [0.1, 0.15) is 32.1 Å². The molecular weight excluding hydrogens is 432 g/mol. The zero-order valence-corrected chi connectivity index (χ0v) is 18.0. The zero-order chi connectivity index (χ0) is 24.0. The molecule has 13 nitrogen and oxygen atoms in total. The van der Waals surface area contributed by atoms with Crippen molar-refractivity contribution >= 4 is 47.3 Å². The summed E-state index contributed by atoms with van der Waals surface area (Å²) < 4.78 is 0. The molecule has 3 atom stereocenters. The van der Waals surface area contributed by atoms with E-state index in [2.05, 4.69) is 16.0 Å². The van der Waals surface area contributed by atoms with Gasteiger partial charge < -0.3 is 38.3 Å². The highest BCUT2D eigenvalue weighted by molar-refractivity contribution is 7.98. The molecule has 0 radical (unpaired) electrons. The lowest BCUT2D eigenvalue weighted by atomic mass is 10.1. The highest BCUT2D eigenvalue weighted by atomic mass is 32.2. The number of nitrogens with one attached hydrogen (secondary N) is 3. The monoisotopic (exact) mass is 462 g/mol. The molecule has 0 aromatic heterocycles. The highest BCUT2D eigenvalue weighted by Gasteiger charge is 2.27. The van der Waals surface area contributed by atoms with Crippen LogP contribution in [0.5, 0.6) is 0 Å². The van der Waals surface area contributed by atoms with E-state index in [0.29, 0.717) is 5.75 Å². The second kappa shape index (κ2) is 15.0. The van der Waals surface area contributed by atoms with Gasteiger partial charge in [0.1, 0.15) is 12.1 Å². The first-order valence-electron chi connectivity index (χ1n) is 9.39. The number of carbonyl (C=O) groups excluding carboxylic acids is 5. The molecule has 0 aliphatic heterocycles. The summed E-state index contributed by atoms with van der Waals surface area (Å²) in [6.45, 7) is -0.476. The minimum absolute atomic E-state index is 0.0173. The van der Waals surface area contributed by atoms with Crippen LogP contribution in [0.4, 0.5) is 0 Å². The van der Waals surface area contributed by atoms with Crippen LogP contribution in [-0.2, 0) is 28.8 Å². The van der Waals surface area contributed by atoms with E-state index in [0.717, 1.165) is 0 Å². The smallest absolute Gasteiger partial charge is 0.326 e. The summed E-state index contributed by atoms with van der Waals surface area (Å²) in [6, 6.07) is -3.44. The van der Waals surface area contributed by atoms with Gasteiger partial charge >= 0.3 is 5.97 Å². The molecule has 176 valence electrons. The molecule has 5 amide bonds. The summed E-state index contributed by atoms with van der Waals surface area (Å²) >= 11 is 1.41. The van der Waals surface area contributed by atoms with Crippen LogP contribution < -0.4 is 33.2 Å². The van der Waals surface area contributed by atoms with Crippen molar-refractivity contribution in [2.45, 2.75) is 50.2 Å². The number of aliphatic carboxylic acids is 1. The molecule has 0 aromatic carbocycles. The van der Waals surface area contributed by atoms with Crippen molar-refractivity contribution in [3.05, 3.63) is 0 Å². The maximum Gasteiger partial charge on any atom is 0.326 e. The van der Waals surface area contributed by atoms with E-state index < -0.39 is 60.2 Å². The SMILES string of the molecule is CSCCC(NC(=O)CNC(=O)C(N)CCC(N)=O)C(=O)NC(CCC(N)=O)C(=O)O. The number of thioether (sulfide) groups is 1. The number of carbonyl (C=O) groups is 6. The van der Waals surface area contributed by atoms with Gasteiger partial charge in [0, 0.05) is 12.8 Å². The summed E-state index contributed by atoms with van der Waals surface area (Å²) in [5.74, 6) is -4.29. The standard InChI is InChI=1S/C17H30N6O7S/c1-31-7-6-10(16(28)23-11(17(29)30)3-5-13(20)25)22-14(26)8-21-15(27)9(18)2-4-12(19)24/h9-11H,2-8,18H2,1H3,(H2,19,24)(H2,20,25)(H,21,27)(H,22,26)(H,23,28)(H,29,30). The second-order valence-electron chi connectivity index (χ2n) is 6.64. The molecule has 0 spiro atoms. The van der Waals surface area contributed by atoms with Gasteiger partial charge in [-0.2, -0.15) is 11.8 Å². The van der Waals surface area contributed by atoms with Gasteiger partial charge in [0.05, 0.1) is 12.6 Å². The average molecular weight is 463 g/mol. The fraction of sp³-hybridized carbons (Fsp3) is 0.647. The topological polar surface area (TPSA) is 237 Å². The number of primary amides is 2. The molecular formula is C17H30N6O7S. The Hall–Kier alpha value is -2.87. The van der Waals surface area contributed by atoms with Crippen LogP contribution in [0.15, 0.2) is 0 Å². The first-order valence-corrected chi connectivity index (χ1v) is 10.8. The third-order valence-corrected chi connectivity index (χ3v) is 4.66. The minimum Gasteiger partial charge on any atom is -0.480 e. The van der Waals surface area contributed by atoms with E-state index in [1.54, 1.807) is 6.26 Å². The molecule has 0 heterocycles. The lowest BCUT2D eigenvalue weighted by Crippen LogP contribution is -2.54. The van der Waals surface area contributed by atoms with Crippen molar-refractivity contribution in [2.75, 3.05) is 18.6 Å². The molecule has 3 unspecified atom stereocenters. The largest absolute Gasteiger partial charge is 0.480 e. The van der Waals surface area contributed by atoms with Crippen molar-refractivity contribution in [2.24, 2.45) is 17.2 Å². The Morgan fingerprint density at radius 3 is 1.97 bits per heavy atom. The maximum atomic E-state index is 12.5. The average Bonchev–Trinajstić information content (AvgIpc) is 2.69. The summed E-state index contributed by atoms with van der Waals surface area (Å²) in [5, 5.41) is 16.2. The van der Waals surface area contributed by atoms with Crippen molar-refractivity contribution in [3.63, 3.8) is 0 Å². The lowest BCUT2D eigenvalue weighted by Gasteiger charge is -2.21. The van der Waals surface area contributed by atoms with Gasteiger partial charge in [-0.1, -0.05) is 0 Å². The second-order valence-corrected chi connectivity index (χ2v) is 7.62. The van der Waals surface area contributed by atoms with Crippen LogP contribution in [0.3, 0.4) is 0 Å². The number of hydrogen-bond acceptors (Lipinski definition) is 8. The van der Waals surface area contributed by atoms with E-state index in [4.69, 9.17) is 17.2 Å². The molecule has 14 heteroatoms. The molecule has 0 bridgehead atoms. The van der Waals surface area contributed by atoms with Gasteiger partial charge in [0.25, 0.3) is 0 Å². The third kappa shape index (κ3) is 13.1. The van der Waals surface area contributed by atoms with Gasteiger partial charge in [-0.15, -0.1) is 0 Å². The minimum atomic E-state index is -1.35. The fourth-order valence-corrected chi connectivity index (χ4v) is 2.76. The molecule has 0 aliphatic carbocycles. The first kappa shape index (κ1) is 28.1. The Labute approximate surface area is 183 Å². The lowest BCUT2D eigenvalue weighted by molar-refractivity contribution is -0.142. The van der Waals surface area contributed by atoms with Gasteiger partial charge in [-0.05, 0) is 31.3 Å². The van der Waals surface area contributed by atoms with Crippen molar-refractivity contribution in [1.82, 2.24) is 16.0 Å². The van der Waals surface area contributed by atoms with Crippen molar-refractivity contribution in [3.8, 4) is 0 Å². The molecule has 0 saturated heterocycles. The Bertz CT molecular complexity index is 675. The van der Waals surface area contributed by atoms with Crippen LogP contribution in [0.2, 0.25) is 0 Å². The van der Waals surface area contributed by atoms with Crippen molar-refractivity contribution in [1.29, 1.82) is 0 Å². The number of rotatable bonds is 16. The van der Waals surface area contributed by atoms with Gasteiger partial charge in [0.2, 0.25) is 29.5 Å². The Morgan fingerprint density at radius 1 is 0.871 bits per heavy atom. The first-order chi connectivity index (χ1) is 14.5. The van der Waals surface area contributed by atoms with E-state index in [9.17, 15) is 33.9 Å². The normalized spacial score (nSPS) is 13.4. The fourth-order valence-electron chi connectivity index (χ4n) is 2.29. The number of hydrogen-bond donors (Lipinski definition) is 7. The number of nitrogens with two attached hydrogens (primary N) is 3. The van der Waals surface area contributed by atoms with E-state index in [1.165, 1.54) is 11.8 Å². The third-order valence-electron chi connectivity index (χ3n) is 4.02. The number of carboxylic acids is 1. The molecule has 0 rings (SSSR count). The van der Waals surface area contributed by atoms with Gasteiger partial charge in [-0.25, -0.2) is 4.79 Å². The van der Waals surface area contributed by atoms with E-state index >= 15 is 0 Å². The Balaban J connectivity index is 4.83. The number of carboxylic acid groups (broad SMARTS) is 1. The van der Waals surface area contributed by atoms with Crippen LogP contribution in [0, 0.1) is 0 Å². The Morgan fingerprint density at radius 2 is 1.45 bits per heavy atom. The molecule has 31 heavy (non-hydrogen) atoms. The predicted octanol–water partition coefficient (Wildman–Crippen LogP) is -3.23. The summed E-state index contributed by atoms with van der Waals surface area (Å²) in [7, 11) is 0. The zero-order valence-electron chi connectivity index (χ0n) is 17.2. The van der Waals surface area contributed by atoms with Crippen molar-refractivity contribution < 1.29 is 33.9 Å². The highest BCUT2D eigenvalue weighted by Crippen LogP contribution is 2.04. The van der Waals surface area contributed by atoms with Gasteiger partial charge in [0.15, 0.2) is 0 Å². The predicted molar refractivity (Wildman–Crippen MR) is 112 cm³/mol. The summed E-state index contributed by atoms with van der Waals surface area (Å²) in [4.78, 5) is 69.4. The summed E-state index contributed by atoms with van der Waals surface area (Å²) in [6.07, 6.45) is 1.49. The number of amides is 5. The van der Waals surface area contributed by atoms with E-state index in [1.807, 2.05) is 0 Å². The molecule has 0 saturated carbocycles. The van der Waals surface area contributed by atoms with Crippen LogP contribution in [-0.4, -0.2) is 77.3 Å². The van der Waals surface area contributed by atoms with E-state index in [-0.39, 0.29) is 32.1 Å². The quantitative estimate of drug-likeness (QED) is 0.122. The molecule has 10 N–H and O–H groups in total. The van der Waals surface area contributed by atoms with Crippen LogP contribution in [0.25, 0.3) is 0 Å². The summed E-state index contributed by atoms with van der Waals surface area (Å²) in [5.41, 5.74) is 15.6. The molecule has 0 fully saturated rings.